The highest BCUT2D eigenvalue weighted by Gasteiger charge is 2.31. The van der Waals surface area contributed by atoms with Crippen molar-refractivity contribution in [1.29, 1.82) is 0 Å². The Morgan fingerprint density at radius 3 is 2.79 bits per heavy atom. The van der Waals surface area contributed by atoms with Crippen LogP contribution in [0.25, 0.3) is 0 Å². The normalized spacial score (nSPS) is 18.6. The van der Waals surface area contributed by atoms with E-state index >= 15 is 0 Å². The molecule has 1 fully saturated rings. The first kappa shape index (κ1) is 9.38. The van der Waals surface area contributed by atoms with Crippen molar-refractivity contribution < 1.29 is 0 Å². The maximum absolute atomic E-state index is 5.70. The first-order chi connectivity index (χ1) is 6.68. The number of nitrogens with one attached hydrogen (secondary N) is 1. The summed E-state index contributed by atoms with van der Waals surface area (Å²) in [5.74, 6) is 0. The molecule has 1 aromatic carbocycles. The molecule has 1 aromatic rings. The topological polar surface area (TPSA) is 38.0 Å². The van der Waals surface area contributed by atoms with Crippen molar-refractivity contribution in [3.63, 3.8) is 0 Å². The zero-order chi connectivity index (χ0) is 10.0. The molecule has 0 atom stereocenters. The third kappa shape index (κ3) is 2.00. The second-order valence-electron chi connectivity index (χ2n) is 4.64. The Balaban J connectivity index is 1.91. The van der Waals surface area contributed by atoms with Crippen LogP contribution in [0.4, 0.5) is 11.4 Å². The first-order valence-electron chi connectivity index (χ1n) is 5.27. The van der Waals surface area contributed by atoms with Crippen LogP contribution < -0.4 is 11.1 Å². The predicted octanol–water partition coefficient (Wildman–Crippen LogP) is 2.87. The highest BCUT2D eigenvalue weighted by atomic mass is 14.9. The fourth-order valence-electron chi connectivity index (χ4n) is 1.92. The van der Waals surface area contributed by atoms with E-state index < -0.39 is 0 Å². The molecule has 0 unspecified atom stereocenters. The SMILES string of the molecule is CC1(CNc2cccc(N)c2)CCC1. The molecule has 76 valence electrons. The van der Waals surface area contributed by atoms with E-state index in [9.17, 15) is 0 Å². The van der Waals surface area contributed by atoms with Crippen molar-refractivity contribution in [1.82, 2.24) is 0 Å². The zero-order valence-electron chi connectivity index (χ0n) is 8.72. The summed E-state index contributed by atoms with van der Waals surface area (Å²) in [6, 6.07) is 7.96. The van der Waals surface area contributed by atoms with E-state index in [0.29, 0.717) is 5.41 Å². The van der Waals surface area contributed by atoms with Crippen molar-refractivity contribution in [3.8, 4) is 0 Å². The van der Waals surface area contributed by atoms with Crippen LogP contribution in [-0.4, -0.2) is 6.54 Å². The van der Waals surface area contributed by atoms with E-state index in [2.05, 4.69) is 18.3 Å². The molecule has 1 aliphatic rings. The first-order valence-corrected chi connectivity index (χ1v) is 5.27. The number of rotatable bonds is 3. The second-order valence-corrected chi connectivity index (χ2v) is 4.64. The zero-order valence-corrected chi connectivity index (χ0v) is 8.72. The Bertz CT molecular complexity index is 316. The highest BCUT2D eigenvalue weighted by Crippen LogP contribution is 2.40. The van der Waals surface area contributed by atoms with Crippen LogP contribution in [0.3, 0.4) is 0 Å². The summed E-state index contributed by atoms with van der Waals surface area (Å²) in [7, 11) is 0. The molecular formula is C12H18N2. The minimum absolute atomic E-state index is 0.518. The Labute approximate surface area is 85.5 Å². The molecule has 1 saturated carbocycles. The predicted molar refractivity (Wildman–Crippen MR) is 61.3 cm³/mol. The van der Waals surface area contributed by atoms with Gasteiger partial charge in [-0.3, -0.25) is 0 Å². The van der Waals surface area contributed by atoms with E-state index in [4.69, 9.17) is 5.73 Å². The van der Waals surface area contributed by atoms with Crippen molar-refractivity contribution in [2.75, 3.05) is 17.6 Å². The van der Waals surface area contributed by atoms with Crippen LogP contribution in [0.15, 0.2) is 24.3 Å². The number of hydrogen-bond donors (Lipinski definition) is 2. The van der Waals surface area contributed by atoms with Crippen LogP contribution in [0.5, 0.6) is 0 Å². The minimum atomic E-state index is 0.518. The lowest BCUT2D eigenvalue weighted by Gasteiger charge is -2.38. The lowest BCUT2D eigenvalue weighted by atomic mass is 9.70. The maximum atomic E-state index is 5.70. The highest BCUT2D eigenvalue weighted by molar-refractivity contribution is 5.54. The van der Waals surface area contributed by atoms with E-state index in [-0.39, 0.29) is 0 Å². The van der Waals surface area contributed by atoms with Crippen LogP contribution in [0.2, 0.25) is 0 Å². The molecule has 0 radical (unpaired) electrons. The minimum Gasteiger partial charge on any atom is -0.399 e. The van der Waals surface area contributed by atoms with Gasteiger partial charge in [-0.25, -0.2) is 0 Å². The van der Waals surface area contributed by atoms with E-state index in [1.807, 2.05) is 18.2 Å². The van der Waals surface area contributed by atoms with Gasteiger partial charge in [0.05, 0.1) is 0 Å². The van der Waals surface area contributed by atoms with Crippen LogP contribution >= 0.6 is 0 Å². The van der Waals surface area contributed by atoms with E-state index in [1.165, 1.54) is 19.3 Å². The van der Waals surface area contributed by atoms with Crippen molar-refractivity contribution >= 4 is 11.4 Å². The van der Waals surface area contributed by atoms with Crippen molar-refractivity contribution in [2.24, 2.45) is 5.41 Å². The summed E-state index contributed by atoms with van der Waals surface area (Å²) in [6.45, 7) is 3.41. The molecule has 0 spiro atoms. The average Bonchev–Trinajstić information content (AvgIpc) is 2.12. The smallest absolute Gasteiger partial charge is 0.0360 e. The van der Waals surface area contributed by atoms with Crippen LogP contribution in [0.1, 0.15) is 26.2 Å². The largest absolute Gasteiger partial charge is 0.399 e. The quantitative estimate of drug-likeness (QED) is 0.719. The van der Waals surface area contributed by atoms with Crippen LogP contribution in [-0.2, 0) is 0 Å². The van der Waals surface area contributed by atoms with Gasteiger partial charge in [-0.15, -0.1) is 0 Å². The molecule has 2 rings (SSSR count). The van der Waals surface area contributed by atoms with Crippen molar-refractivity contribution in [3.05, 3.63) is 24.3 Å². The lowest BCUT2D eigenvalue weighted by molar-refractivity contribution is 0.180. The summed E-state index contributed by atoms with van der Waals surface area (Å²) in [4.78, 5) is 0. The summed E-state index contributed by atoms with van der Waals surface area (Å²) in [5.41, 5.74) is 8.19. The van der Waals surface area contributed by atoms with Gasteiger partial charge in [0.1, 0.15) is 0 Å². The summed E-state index contributed by atoms with van der Waals surface area (Å²) < 4.78 is 0. The second kappa shape index (κ2) is 3.52. The summed E-state index contributed by atoms with van der Waals surface area (Å²) in [5, 5.41) is 3.45. The van der Waals surface area contributed by atoms with E-state index in [0.717, 1.165) is 17.9 Å². The molecule has 2 nitrogen and oxygen atoms in total. The Morgan fingerprint density at radius 1 is 1.43 bits per heavy atom. The third-order valence-electron chi connectivity index (χ3n) is 3.17. The number of nitrogens with two attached hydrogens (primary N) is 1. The van der Waals surface area contributed by atoms with Gasteiger partial charge in [0.15, 0.2) is 0 Å². The molecule has 3 N–H and O–H groups in total. The fraction of sp³-hybridized carbons (Fsp3) is 0.500. The van der Waals surface area contributed by atoms with Gasteiger partial charge >= 0.3 is 0 Å². The standard InChI is InChI=1S/C12H18N2/c1-12(6-3-7-12)9-14-11-5-2-4-10(13)8-11/h2,4-5,8,14H,3,6-7,9,13H2,1H3. The molecule has 14 heavy (non-hydrogen) atoms. The molecule has 0 saturated heterocycles. The molecule has 0 bridgehead atoms. The molecule has 2 heteroatoms. The fourth-order valence-corrected chi connectivity index (χ4v) is 1.92. The molecule has 0 heterocycles. The van der Waals surface area contributed by atoms with Crippen LogP contribution in [0, 0.1) is 5.41 Å². The average molecular weight is 190 g/mol. The Hall–Kier alpha value is -1.18. The maximum Gasteiger partial charge on any atom is 0.0360 e. The van der Waals surface area contributed by atoms with Gasteiger partial charge in [0.2, 0.25) is 0 Å². The monoisotopic (exact) mass is 190 g/mol. The van der Waals surface area contributed by atoms with Gasteiger partial charge in [0.25, 0.3) is 0 Å². The number of nitrogen functional groups attached to an aromatic ring is 1. The summed E-state index contributed by atoms with van der Waals surface area (Å²) in [6.07, 6.45) is 4.08. The number of anilines is 2. The van der Waals surface area contributed by atoms with Crippen molar-refractivity contribution in [2.45, 2.75) is 26.2 Å². The number of hydrogen-bond acceptors (Lipinski definition) is 2. The lowest BCUT2D eigenvalue weighted by Crippen LogP contribution is -2.33. The van der Waals surface area contributed by atoms with Gasteiger partial charge in [-0.1, -0.05) is 19.4 Å². The van der Waals surface area contributed by atoms with Gasteiger partial charge in [-0.2, -0.15) is 0 Å². The molecule has 0 aliphatic heterocycles. The molecule has 0 aromatic heterocycles. The Morgan fingerprint density at radius 2 is 2.21 bits per heavy atom. The third-order valence-corrected chi connectivity index (χ3v) is 3.17. The molecule has 1 aliphatic carbocycles. The van der Waals surface area contributed by atoms with Gasteiger partial charge < -0.3 is 11.1 Å². The summed E-state index contributed by atoms with van der Waals surface area (Å²) >= 11 is 0. The Kier molecular flexibility index (Phi) is 2.36. The van der Waals surface area contributed by atoms with Gasteiger partial charge in [-0.05, 0) is 36.5 Å². The van der Waals surface area contributed by atoms with Gasteiger partial charge in [0, 0.05) is 17.9 Å². The molecule has 0 amide bonds. The molecular weight excluding hydrogens is 172 g/mol. The van der Waals surface area contributed by atoms with E-state index in [1.54, 1.807) is 0 Å². The number of benzene rings is 1.